The summed E-state index contributed by atoms with van der Waals surface area (Å²) in [4.78, 5) is 4.51. The standard InChI is InChI=1S/C18H20N2O2/c1-13-6-5-7-16(10-13)22-12-15(21)11-20-14(2)19-17-8-3-4-9-18(17)20/h3-10,15,21H,11-12H2,1-2H3/t15-/m0/s1. The Morgan fingerprint density at radius 3 is 2.77 bits per heavy atom. The predicted molar refractivity (Wildman–Crippen MR) is 87.2 cm³/mol. The highest BCUT2D eigenvalue weighted by Gasteiger charge is 2.12. The van der Waals surface area contributed by atoms with Crippen LogP contribution in [0, 0.1) is 13.8 Å². The van der Waals surface area contributed by atoms with Gasteiger partial charge in [-0.1, -0.05) is 24.3 Å². The largest absolute Gasteiger partial charge is 0.491 e. The first kappa shape index (κ1) is 14.6. The normalized spacial score (nSPS) is 12.5. The molecule has 3 rings (SSSR count). The Morgan fingerprint density at radius 1 is 1.14 bits per heavy atom. The molecule has 0 saturated heterocycles. The molecule has 0 radical (unpaired) electrons. The molecule has 22 heavy (non-hydrogen) atoms. The van der Waals surface area contributed by atoms with Gasteiger partial charge < -0.3 is 14.4 Å². The number of hydrogen-bond acceptors (Lipinski definition) is 3. The van der Waals surface area contributed by atoms with Crippen LogP contribution in [0.2, 0.25) is 0 Å². The van der Waals surface area contributed by atoms with E-state index in [1.54, 1.807) is 0 Å². The molecular weight excluding hydrogens is 276 g/mol. The van der Waals surface area contributed by atoms with Crippen LogP contribution in [0.3, 0.4) is 0 Å². The van der Waals surface area contributed by atoms with Gasteiger partial charge in [-0.25, -0.2) is 4.98 Å². The molecule has 1 atom stereocenters. The molecule has 1 aromatic heterocycles. The zero-order valence-corrected chi connectivity index (χ0v) is 12.9. The zero-order chi connectivity index (χ0) is 15.5. The average Bonchev–Trinajstić information content (AvgIpc) is 2.81. The molecule has 0 aliphatic heterocycles. The lowest BCUT2D eigenvalue weighted by atomic mass is 10.2. The van der Waals surface area contributed by atoms with Gasteiger partial charge in [0.05, 0.1) is 17.6 Å². The van der Waals surface area contributed by atoms with Gasteiger partial charge in [-0.2, -0.15) is 0 Å². The first-order chi connectivity index (χ1) is 10.6. The summed E-state index contributed by atoms with van der Waals surface area (Å²) in [5.74, 6) is 1.68. The third kappa shape index (κ3) is 3.12. The number of fused-ring (bicyclic) bond motifs is 1. The first-order valence-electron chi connectivity index (χ1n) is 7.43. The van der Waals surface area contributed by atoms with Gasteiger partial charge in [-0.15, -0.1) is 0 Å². The molecular formula is C18H20N2O2. The Labute approximate surface area is 130 Å². The van der Waals surface area contributed by atoms with Gasteiger partial charge in [0.1, 0.15) is 24.3 Å². The maximum atomic E-state index is 10.3. The highest BCUT2D eigenvalue weighted by atomic mass is 16.5. The Morgan fingerprint density at radius 2 is 1.95 bits per heavy atom. The fourth-order valence-corrected chi connectivity index (χ4v) is 2.59. The number of aryl methyl sites for hydroxylation is 2. The third-order valence-corrected chi connectivity index (χ3v) is 3.67. The average molecular weight is 296 g/mol. The smallest absolute Gasteiger partial charge is 0.119 e. The van der Waals surface area contributed by atoms with Crippen molar-refractivity contribution in [2.24, 2.45) is 0 Å². The lowest BCUT2D eigenvalue weighted by Crippen LogP contribution is -2.24. The minimum Gasteiger partial charge on any atom is -0.491 e. The van der Waals surface area contributed by atoms with Crippen molar-refractivity contribution in [3.05, 3.63) is 59.9 Å². The minimum absolute atomic E-state index is 0.259. The molecule has 0 saturated carbocycles. The number of ether oxygens (including phenoxy) is 1. The van der Waals surface area contributed by atoms with Gasteiger partial charge in [0, 0.05) is 0 Å². The third-order valence-electron chi connectivity index (χ3n) is 3.67. The van der Waals surface area contributed by atoms with Crippen LogP contribution in [-0.2, 0) is 6.54 Å². The van der Waals surface area contributed by atoms with E-state index in [4.69, 9.17) is 4.74 Å². The number of hydrogen-bond donors (Lipinski definition) is 1. The van der Waals surface area contributed by atoms with Crippen LogP contribution in [0.15, 0.2) is 48.5 Å². The number of aromatic nitrogens is 2. The number of aliphatic hydroxyl groups excluding tert-OH is 1. The fourth-order valence-electron chi connectivity index (χ4n) is 2.59. The van der Waals surface area contributed by atoms with Crippen LogP contribution in [-0.4, -0.2) is 27.4 Å². The quantitative estimate of drug-likeness (QED) is 0.787. The predicted octanol–water partition coefficient (Wildman–Crippen LogP) is 3.09. The molecule has 4 nitrogen and oxygen atoms in total. The second kappa shape index (κ2) is 6.20. The number of rotatable bonds is 5. The van der Waals surface area contributed by atoms with E-state index in [-0.39, 0.29) is 6.61 Å². The summed E-state index contributed by atoms with van der Waals surface area (Å²) in [6, 6.07) is 15.8. The maximum Gasteiger partial charge on any atom is 0.119 e. The summed E-state index contributed by atoms with van der Waals surface area (Å²) < 4.78 is 7.69. The molecule has 0 aliphatic rings. The molecule has 0 spiro atoms. The summed E-state index contributed by atoms with van der Waals surface area (Å²) >= 11 is 0. The number of para-hydroxylation sites is 2. The van der Waals surface area contributed by atoms with Crippen LogP contribution in [0.25, 0.3) is 11.0 Å². The first-order valence-corrected chi connectivity index (χ1v) is 7.43. The van der Waals surface area contributed by atoms with Gasteiger partial charge in [0.2, 0.25) is 0 Å². The molecule has 114 valence electrons. The Balaban J connectivity index is 1.68. The van der Waals surface area contributed by atoms with E-state index in [9.17, 15) is 5.11 Å². The molecule has 0 aliphatic carbocycles. The van der Waals surface area contributed by atoms with Crippen LogP contribution < -0.4 is 4.74 Å². The van der Waals surface area contributed by atoms with E-state index in [0.717, 1.165) is 28.2 Å². The summed E-state index contributed by atoms with van der Waals surface area (Å²) in [5, 5.41) is 10.3. The van der Waals surface area contributed by atoms with Crippen molar-refractivity contribution in [2.45, 2.75) is 26.5 Å². The van der Waals surface area contributed by atoms with E-state index in [0.29, 0.717) is 6.54 Å². The minimum atomic E-state index is -0.586. The summed E-state index contributed by atoms with van der Waals surface area (Å²) in [6.45, 7) is 4.70. The maximum absolute atomic E-state index is 10.3. The molecule has 1 heterocycles. The lowest BCUT2D eigenvalue weighted by molar-refractivity contribution is 0.0929. The summed E-state index contributed by atoms with van der Waals surface area (Å²) in [6.07, 6.45) is -0.586. The van der Waals surface area contributed by atoms with Crippen molar-refractivity contribution < 1.29 is 9.84 Å². The van der Waals surface area contributed by atoms with E-state index >= 15 is 0 Å². The second-order valence-electron chi connectivity index (χ2n) is 5.54. The van der Waals surface area contributed by atoms with Crippen molar-refractivity contribution in [1.82, 2.24) is 9.55 Å². The number of nitrogens with zero attached hydrogens (tertiary/aromatic N) is 2. The van der Waals surface area contributed by atoms with E-state index in [1.165, 1.54) is 0 Å². The SMILES string of the molecule is Cc1cccc(OC[C@@H](O)Cn2c(C)nc3ccccc32)c1. The monoisotopic (exact) mass is 296 g/mol. The van der Waals surface area contributed by atoms with Crippen molar-refractivity contribution >= 4 is 11.0 Å². The highest BCUT2D eigenvalue weighted by Crippen LogP contribution is 2.17. The number of benzene rings is 2. The van der Waals surface area contributed by atoms with Gasteiger partial charge in [-0.05, 0) is 43.7 Å². The van der Waals surface area contributed by atoms with Crippen LogP contribution in [0.1, 0.15) is 11.4 Å². The van der Waals surface area contributed by atoms with E-state index in [2.05, 4.69) is 4.98 Å². The van der Waals surface area contributed by atoms with Crippen molar-refractivity contribution in [1.29, 1.82) is 0 Å². The van der Waals surface area contributed by atoms with E-state index in [1.807, 2.05) is 66.9 Å². The Kier molecular flexibility index (Phi) is 4.11. The molecule has 0 amide bonds. The lowest BCUT2D eigenvalue weighted by Gasteiger charge is -2.15. The summed E-state index contributed by atoms with van der Waals surface area (Å²) in [5.41, 5.74) is 3.13. The van der Waals surface area contributed by atoms with Gasteiger partial charge in [-0.3, -0.25) is 0 Å². The Bertz CT molecular complexity index is 780. The topological polar surface area (TPSA) is 47.3 Å². The summed E-state index contributed by atoms with van der Waals surface area (Å²) in [7, 11) is 0. The molecule has 0 fully saturated rings. The molecule has 0 bridgehead atoms. The molecule has 0 unspecified atom stereocenters. The van der Waals surface area contributed by atoms with Crippen LogP contribution in [0.4, 0.5) is 0 Å². The number of imidazole rings is 1. The zero-order valence-electron chi connectivity index (χ0n) is 12.9. The van der Waals surface area contributed by atoms with Crippen LogP contribution >= 0.6 is 0 Å². The van der Waals surface area contributed by atoms with Gasteiger partial charge in [0.15, 0.2) is 0 Å². The van der Waals surface area contributed by atoms with Crippen molar-refractivity contribution in [3.8, 4) is 5.75 Å². The molecule has 3 aromatic rings. The van der Waals surface area contributed by atoms with Crippen LogP contribution in [0.5, 0.6) is 5.75 Å². The second-order valence-corrected chi connectivity index (χ2v) is 5.54. The molecule has 1 N–H and O–H groups in total. The molecule has 2 aromatic carbocycles. The van der Waals surface area contributed by atoms with Gasteiger partial charge in [0.25, 0.3) is 0 Å². The number of aliphatic hydroxyl groups is 1. The van der Waals surface area contributed by atoms with E-state index < -0.39 is 6.10 Å². The van der Waals surface area contributed by atoms with Crippen molar-refractivity contribution in [3.63, 3.8) is 0 Å². The highest BCUT2D eigenvalue weighted by molar-refractivity contribution is 5.75. The van der Waals surface area contributed by atoms with Gasteiger partial charge >= 0.3 is 0 Å². The Hall–Kier alpha value is -2.33. The fraction of sp³-hybridized carbons (Fsp3) is 0.278. The molecule has 4 heteroatoms. The van der Waals surface area contributed by atoms with Crippen molar-refractivity contribution in [2.75, 3.05) is 6.61 Å².